The van der Waals surface area contributed by atoms with Crippen LogP contribution < -0.4 is 14.8 Å². The summed E-state index contributed by atoms with van der Waals surface area (Å²) in [4.78, 5) is 14.5. The number of likely N-dealkylation sites (tertiary alicyclic amines) is 1. The molecule has 0 radical (unpaired) electrons. The van der Waals surface area contributed by atoms with Gasteiger partial charge in [0.2, 0.25) is 11.8 Å². The molecule has 0 spiro atoms. The summed E-state index contributed by atoms with van der Waals surface area (Å²) in [6.07, 6.45) is 2.00. The smallest absolute Gasteiger partial charge is 0.240 e. The summed E-state index contributed by atoms with van der Waals surface area (Å²) in [5, 5.41) is 6.52. The van der Waals surface area contributed by atoms with Crippen LogP contribution in [0.1, 0.15) is 30.1 Å². The first-order valence-corrected chi connectivity index (χ1v) is 8.30. The molecule has 1 N–H and O–H groups in total. The molecule has 1 aromatic carbocycles. The van der Waals surface area contributed by atoms with E-state index in [4.69, 9.17) is 14.0 Å². The van der Waals surface area contributed by atoms with E-state index in [1.54, 1.807) is 20.3 Å². The normalized spacial score (nSPS) is 17.5. The zero-order chi connectivity index (χ0) is 17.8. The second-order valence-electron chi connectivity index (χ2n) is 6.12. The van der Waals surface area contributed by atoms with E-state index >= 15 is 0 Å². The summed E-state index contributed by atoms with van der Waals surface area (Å²) >= 11 is 0. The van der Waals surface area contributed by atoms with Crippen molar-refractivity contribution in [3.63, 3.8) is 0 Å². The van der Waals surface area contributed by atoms with E-state index in [-0.39, 0.29) is 18.5 Å². The van der Waals surface area contributed by atoms with E-state index in [2.05, 4.69) is 15.4 Å². The zero-order valence-electron chi connectivity index (χ0n) is 14.7. The van der Waals surface area contributed by atoms with Gasteiger partial charge < -0.3 is 14.0 Å². The van der Waals surface area contributed by atoms with Gasteiger partial charge in [0.15, 0.2) is 0 Å². The van der Waals surface area contributed by atoms with Gasteiger partial charge in [-0.1, -0.05) is 5.16 Å². The fourth-order valence-corrected chi connectivity index (χ4v) is 3.25. The van der Waals surface area contributed by atoms with Gasteiger partial charge in [0.1, 0.15) is 11.5 Å². The highest BCUT2D eigenvalue weighted by atomic mass is 16.5. The van der Waals surface area contributed by atoms with Crippen LogP contribution in [0.3, 0.4) is 0 Å². The van der Waals surface area contributed by atoms with Crippen molar-refractivity contribution in [3.8, 4) is 11.5 Å². The third-order valence-corrected chi connectivity index (χ3v) is 4.40. The number of anilines is 1. The summed E-state index contributed by atoms with van der Waals surface area (Å²) in [5.41, 5.74) is 1.78. The molecule has 7 heteroatoms. The minimum atomic E-state index is -0.120. The molecule has 0 saturated carbocycles. The molecule has 1 aliphatic rings. The lowest BCUT2D eigenvalue weighted by atomic mass is 10.0. The lowest BCUT2D eigenvalue weighted by Gasteiger charge is -2.25. The van der Waals surface area contributed by atoms with Crippen LogP contribution in [-0.4, -0.2) is 43.3 Å². The maximum absolute atomic E-state index is 12.3. The van der Waals surface area contributed by atoms with Crippen molar-refractivity contribution in [2.24, 2.45) is 0 Å². The van der Waals surface area contributed by atoms with E-state index in [0.29, 0.717) is 5.88 Å². The van der Waals surface area contributed by atoms with Crippen LogP contribution in [0.15, 0.2) is 28.8 Å². The Hall–Kier alpha value is -2.54. The number of aromatic nitrogens is 1. The number of hydrogen-bond acceptors (Lipinski definition) is 6. The quantitative estimate of drug-likeness (QED) is 0.867. The second kappa shape index (κ2) is 7.57. The number of nitrogens with zero attached hydrogens (tertiary/aromatic N) is 2. The van der Waals surface area contributed by atoms with Crippen molar-refractivity contribution in [1.29, 1.82) is 0 Å². The van der Waals surface area contributed by atoms with Gasteiger partial charge >= 0.3 is 0 Å². The highest BCUT2D eigenvalue weighted by Gasteiger charge is 2.30. The molecule has 134 valence electrons. The Bertz CT molecular complexity index is 744. The Morgan fingerprint density at radius 3 is 2.88 bits per heavy atom. The van der Waals surface area contributed by atoms with Crippen molar-refractivity contribution in [1.82, 2.24) is 10.1 Å². The van der Waals surface area contributed by atoms with Crippen LogP contribution in [0.5, 0.6) is 11.5 Å². The largest absolute Gasteiger partial charge is 0.497 e. The standard InChI is InChI=1S/C18H23N3O4/c1-12-9-18(25-20-12)19-17(22)11-21-8-4-5-15(21)14-10-13(23-2)6-7-16(14)24-3/h6-7,9-10,15H,4-5,8,11H2,1-3H3,(H,19,22)/t15-/m0/s1. The minimum absolute atomic E-state index is 0.118. The third kappa shape index (κ3) is 3.93. The fraction of sp³-hybridized carbons (Fsp3) is 0.444. The lowest BCUT2D eigenvalue weighted by molar-refractivity contribution is -0.117. The number of carbonyl (C=O) groups excluding carboxylic acids is 1. The lowest BCUT2D eigenvalue weighted by Crippen LogP contribution is -2.33. The van der Waals surface area contributed by atoms with Crippen LogP contribution >= 0.6 is 0 Å². The fourth-order valence-electron chi connectivity index (χ4n) is 3.25. The first kappa shape index (κ1) is 17.3. The predicted octanol–water partition coefficient (Wildman–Crippen LogP) is 2.78. The summed E-state index contributed by atoms with van der Waals surface area (Å²) < 4.78 is 15.9. The maximum Gasteiger partial charge on any atom is 0.240 e. The average Bonchev–Trinajstić information content (AvgIpc) is 3.23. The number of amides is 1. The summed E-state index contributed by atoms with van der Waals surface area (Å²) in [5.74, 6) is 1.84. The topological polar surface area (TPSA) is 76.8 Å². The van der Waals surface area contributed by atoms with Crippen molar-refractivity contribution < 1.29 is 18.8 Å². The first-order valence-electron chi connectivity index (χ1n) is 8.30. The molecule has 25 heavy (non-hydrogen) atoms. The summed E-state index contributed by atoms with van der Waals surface area (Å²) in [6.45, 7) is 2.95. The molecule has 1 amide bonds. The van der Waals surface area contributed by atoms with Crippen molar-refractivity contribution >= 4 is 11.8 Å². The molecule has 2 heterocycles. The van der Waals surface area contributed by atoms with Crippen LogP contribution in [-0.2, 0) is 4.79 Å². The van der Waals surface area contributed by atoms with Gasteiger partial charge in [-0.05, 0) is 44.5 Å². The van der Waals surface area contributed by atoms with Gasteiger partial charge in [-0.2, -0.15) is 0 Å². The molecule has 7 nitrogen and oxygen atoms in total. The molecule has 1 aromatic heterocycles. The summed E-state index contributed by atoms with van der Waals surface area (Å²) in [6, 6.07) is 7.58. The molecule has 0 unspecified atom stereocenters. The van der Waals surface area contributed by atoms with Gasteiger partial charge in [-0.15, -0.1) is 0 Å². The number of aryl methyl sites for hydroxylation is 1. The van der Waals surface area contributed by atoms with E-state index in [9.17, 15) is 4.79 Å². The molecule has 3 rings (SSSR count). The zero-order valence-corrected chi connectivity index (χ0v) is 14.7. The first-order chi connectivity index (χ1) is 12.1. The number of methoxy groups -OCH3 is 2. The Morgan fingerprint density at radius 1 is 1.36 bits per heavy atom. The average molecular weight is 345 g/mol. The number of ether oxygens (including phenoxy) is 2. The van der Waals surface area contributed by atoms with Crippen molar-refractivity contribution in [2.45, 2.75) is 25.8 Å². The number of carbonyl (C=O) groups is 1. The van der Waals surface area contributed by atoms with Gasteiger partial charge in [0, 0.05) is 17.7 Å². The Morgan fingerprint density at radius 2 is 2.20 bits per heavy atom. The van der Waals surface area contributed by atoms with E-state index in [1.807, 2.05) is 25.1 Å². The Kier molecular flexibility index (Phi) is 5.23. The molecule has 1 saturated heterocycles. The van der Waals surface area contributed by atoms with E-state index < -0.39 is 0 Å². The van der Waals surface area contributed by atoms with Crippen LogP contribution in [0.4, 0.5) is 5.88 Å². The highest BCUT2D eigenvalue weighted by molar-refractivity contribution is 5.91. The van der Waals surface area contributed by atoms with Gasteiger partial charge in [0.25, 0.3) is 0 Å². The number of rotatable bonds is 6. The van der Waals surface area contributed by atoms with Crippen LogP contribution in [0.25, 0.3) is 0 Å². The minimum Gasteiger partial charge on any atom is -0.497 e. The Labute approximate surface area is 146 Å². The van der Waals surface area contributed by atoms with E-state index in [0.717, 1.165) is 42.1 Å². The molecule has 2 aromatic rings. The van der Waals surface area contributed by atoms with Gasteiger partial charge in [-0.25, -0.2) is 0 Å². The molecule has 0 bridgehead atoms. The number of hydrogen-bond donors (Lipinski definition) is 1. The van der Waals surface area contributed by atoms with E-state index in [1.165, 1.54) is 0 Å². The highest BCUT2D eigenvalue weighted by Crippen LogP contribution is 2.38. The summed E-state index contributed by atoms with van der Waals surface area (Å²) in [7, 11) is 3.30. The van der Waals surface area contributed by atoms with Gasteiger partial charge in [0.05, 0.1) is 26.5 Å². The molecular formula is C18H23N3O4. The van der Waals surface area contributed by atoms with Gasteiger partial charge in [-0.3, -0.25) is 15.0 Å². The molecule has 1 aliphatic heterocycles. The maximum atomic E-state index is 12.3. The predicted molar refractivity (Wildman–Crippen MR) is 93.0 cm³/mol. The number of benzene rings is 1. The second-order valence-corrected chi connectivity index (χ2v) is 6.12. The number of nitrogens with one attached hydrogen (secondary N) is 1. The van der Waals surface area contributed by atoms with Crippen molar-refractivity contribution in [3.05, 3.63) is 35.5 Å². The van der Waals surface area contributed by atoms with Crippen LogP contribution in [0, 0.1) is 6.92 Å². The monoisotopic (exact) mass is 345 g/mol. The van der Waals surface area contributed by atoms with Crippen molar-refractivity contribution in [2.75, 3.05) is 32.6 Å². The SMILES string of the molecule is COc1ccc(OC)c([C@@H]2CCCN2CC(=O)Nc2cc(C)no2)c1. The third-order valence-electron chi connectivity index (χ3n) is 4.40. The molecule has 1 fully saturated rings. The molecule has 1 atom stereocenters. The Balaban J connectivity index is 1.73. The molecular weight excluding hydrogens is 322 g/mol. The van der Waals surface area contributed by atoms with Crippen LogP contribution in [0.2, 0.25) is 0 Å². The molecule has 0 aliphatic carbocycles.